The maximum absolute atomic E-state index is 5.80. The summed E-state index contributed by atoms with van der Waals surface area (Å²) in [7, 11) is 1.65. The highest BCUT2D eigenvalue weighted by molar-refractivity contribution is 5.57. The molecule has 0 spiro atoms. The van der Waals surface area contributed by atoms with Crippen LogP contribution in [0.1, 0.15) is 11.1 Å². The maximum atomic E-state index is 5.80. The van der Waals surface area contributed by atoms with Gasteiger partial charge < -0.3 is 15.8 Å². The summed E-state index contributed by atoms with van der Waals surface area (Å²) in [6.45, 7) is 1.96. The van der Waals surface area contributed by atoms with Crippen LogP contribution in [0.2, 0.25) is 0 Å². The van der Waals surface area contributed by atoms with E-state index in [-0.39, 0.29) is 0 Å². The predicted molar refractivity (Wildman–Crippen MR) is 52.8 cm³/mol. The van der Waals surface area contributed by atoms with Crippen molar-refractivity contribution in [3.8, 4) is 5.75 Å². The average Bonchev–Trinajstić information content (AvgIpc) is 2.17. The highest BCUT2D eigenvalue weighted by atomic mass is 16.5. The Morgan fingerprint density at radius 2 is 2.23 bits per heavy atom. The van der Waals surface area contributed by atoms with Gasteiger partial charge in [-0.2, -0.15) is 0 Å². The Bertz CT molecular complexity index is 323. The number of nitrogen functional groups attached to an aromatic ring is 1. The lowest BCUT2D eigenvalue weighted by molar-refractivity contribution is 0.415. The lowest BCUT2D eigenvalue weighted by atomic mass is 10.00. The summed E-state index contributed by atoms with van der Waals surface area (Å²) >= 11 is 0. The molecule has 0 saturated carbocycles. The molecule has 1 aromatic carbocycles. The molecule has 0 bridgehead atoms. The number of nitrogens with two attached hydrogens (primary N) is 1. The van der Waals surface area contributed by atoms with E-state index in [0.29, 0.717) is 0 Å². The summed E-state index contributed by atoms with van der Waals surface area (Å²) in [4.78, 5) is 0. The van der Waals surface area contributed by atoms with Gasteiger partial charge >= 0.3 is 0 Å². The average molecular weight is 178 g/mol. The highest BCUT2D eigenvalue weighted by Gasteiger charge is 2.11. The lowest BCUT2D eigenvalue weighted by Gasteiger charge is -2.18. The van der Waals surface area contributed by atoms with Crippen LogP contribution in [0, 0.1) is 0 Å². The van der Waals surface area contributed by atoms with Crippen LogP contribution in [0.3, 0.4) is 0 Å². The van der Waals surface area contributed by atoms with Gasteiger partial charge in [-0.15, -0.1) is 0 Å². The molecule has 1 aliphatic rings. The second-order valence-electron chi connectivity index (χ2n) is 3.29. The second kappa shape index (κ2) is 3.26. The van der Waals surface area contributed by atoms with Gasteiger partial charge in [-0.05, 0) is 36.2 Å². The minimum atomic E-state index is 0.727. The predicted octanol–water partition coefficient (Wildman–Crippen LogP) is 0.923. The van der Waals surface area contributed by atoms with E-state index >= 15 is 0 Å². The summed E-state index contributed by atoms with van der Waals surface area (Å²) in [5.74, 6) is 0.792. The number of anilines is 1. The molecule has 0 aliphatic carbocycles. The number of hydrogen-bond donors (Lipinski definition) is 2. The zero-order valence-electron chi connectivity index (χ0n) is 7.76. The largest absolute Gasteiger partial charge is 0.495 e. The maximum Gasteiger partial charge on any atom is 0.142 e. The molecular weight excluding hydrogens is 164 g/mol. The van der Waals surface area contributed by atoms with Crippen LogP contribution in [0.4, 0.5) is 5.69 Å². The molecule has 1 aliphatic heterocycles. The van der Waals surface area contributed by atoms with E-state index in [1.54, 1.807) is 7.11 Å². The van der Waals surface area contributed by atoms with Gasteiger partial charge in [-0.1, -0.05) is 0 Å². The van der Waals surface area contributed by atoms with E-state index in [4.69, 9.17) is 10.5 Å². The Morgan fingerprint density at radius 1 is 1.38 bits per heavy atom. The summed E-state index contributed by atoms with van der Waals surface area (Å²) < 4.78 is 5.17. The fourth-order valence-corrected chi connectivity index (χ4v) is 1.71. The molecule has 2 rings (SSSR count). The Labute approximate surface area is 77.9 Å². The van der Waals surface area contributed by atoms with Crippen molar-refractivity contribution >= 4 is 5.69 Å². The van der Waals surface area contributed by atoms with E-state index in [2.05, 4.69) is 5.32 Å². The summed E-state index contributed by atoms with van der Waals surface area (Å²) in [5, 5.41) is 3.31. The summed E-state index contributed by atoms with van der Waals surface area (Å²) in [5.41, 5.74) is 9.18. The monoisotopic (exact) mass is 178 g/mol. The Morgan fingerprint density at radius 3 is 3.00 bits per heavy atom. The van der Waals surface area contributed by atoms with Gasteiger partial charge in [0.25, 0.3) is 0 Å². The van der Waals surface area contributed by atoms with Crippen LogP contribution in [0.25, 0.3) is 0 Å². The standard InChI is InChI=1S/C10H14N2O/c1-13-10-5-7-2-3-12-6-8(7)4-9(10)11/h4-5,12H,2-3,6,11H2,1H3. The third kappa shape index (κ3) is 1.47. The molecule has 0 radical (unpaired) electrons. The molecule has 3 nitrogen and oxygen atoms in total. The molecule has 3 heteroatoms. The first kappa shape index (κ1) is 8.38. The first-order valence-corrected chi connectivity index (χ1v) is 4.47. The van der Waals surface area contributed by atoms with Crippen molar-refractivity contribution in [2.75, 3.05) is 19.4 Å². The Balaban J connectivity index is 2.44. The first-order valence-electron chi connectivity index (χ1n) is 4.47. The Hall–Kier alpha value is -1.22. The van der Waals surface area contributed by atoms with Crippen LogP contribution in [-0.4, -0.2) is 13.7 Å². The van der Waals surface area contributed by atoms with Crippen LogP contribution >= 0.6 is 0 Å². The van der Waals surface area contributed by atoms with E-state index in [0.717, 1.165) is 30.9 Å². The fourth-order valence-electron chi connectivity index (χ4n) is 1.71. The highest BCUT2D eigenvalue weighted by Crippen LogP contribution is 2.27. The molecule has 13 heavy (non-hydrogen) atoms. The summed E-state index contributed by atoms with van der Waals surface area (Å²) in [6.07, 6.45) is 1.06. The third-order valence-electron chi connectivity index (χ3n) is 2.44. The molecule has 3 N–H and O–H groups in total. The van der Waals surface area contributed by atoms with Gasteiger partial charge in [0.05, 0.1) is 12.8 Å². The molecular formula is C10H14N2O. The number of hydrogen-bond acceptors (Lipinski definition) is 3. The van der Waals surface area contributed by atoms with Crippen molar-refractivity contribution in [1.29, 1.82) is 0 Å². The van der Waals surface area contributed by atoms with E-state index in [1.165, 1.54) is 11.1 Å². The fraction of sp³-hybridized carbons (Fsp3) is 0.400. The van der Waals surface area contributed by atoms with Crippen molar-refractivity contribution in [3.05, 3.63) is 23.3 Å². The minimum Gasteiger partial charge on any atom is -0.495 e. The zero-order chi connectivity index (χ0) is 9.26. The van der Waals surface area contributed by atoms with E-state index < -0.39 is 0 Å². The van der Waals surface area contributed by atoms with Crippen LogP contribution in [-0.2, 0) is 13.0 Å². The van der Waals surface area contributed by atoms with Crippen LogP contribution in [0.15, 0.2) is 12.1 Å². The third-order valence-corrected chi connectivity index (χ3v) is 2.44. The van der Waals surface area contributed by atoms with Crippen molar-refractivity contribution in [2.24, 2.45) is 0 Å². The number of benzene rings is 1. The number of fused-ring (bicyclic) bond motifs is 1. The molecule has 0 fully saturated rings. The lowest BCUT2D eigenvalue weighted by Crippen LogP contribution is -2.23. The van der Waals surface area contributed by atoms with Gasteiger partial charge in [0.2, 0.25) is 0 Å². The van der Waals surface area contributed by atoms with Gasteiger partial charge in [0, 0.05) is 6.54 Å². The zero-order valence-corrected chi connectivity index (χ0v) is 7.76. The molecule has 0 aromatic heterocycles. The summed E-state index contributed by atoms with van der Waals surface area (Å²) in [6, 6.07) is 4.05. The van der Waals surface area contributed by atoms with Gasteiger partial charge in [0.1, 0.15) is 5.75 Å². The first-order chi connectivity index (χ1) is 6.31. The quantitative estimate of drug-likeness (QED) is 0.629. The van der Waals surface area contributed by atoms with Crippen molar-refractivity contribution in [2.45, 2.75) is 13.0 Å². The van der Waals surface area contributed by atoms with Crippen LogP contribution in [0.5, 0.6) is 5.75 Å². The number of rotatable bonds is 1. The second-order valence-corrected chi connectivity index (χ2v) is 3.29. The molecule has 0 unspecified atom stereocenters. The Kier molecular flexibility index (Phi) is 2.10. The smallest absolute Gasteiger partial charge is 0.142 e. The molecule has 70 valence electrons. The topological polar surface area (TPSA) is 47.3 Å². The van der Waals surface area contributed by atoms with Crippen molar-refractivity contribution in [1.82, 2.24) is 5.32 Å². The molecule has 0 amide bonds. The van der Waals surface area contributed by atoms with Gasteiger partial charge in [-0.25, -0.2) is 0 Å². The number of methoxy groups -OCH3 is 1. The van der Waals surface area contributed by atoms with E-state index in [1.807, 2.05) is 12.1 Å². The normalized spacial score (nSPS) is 15.2. The van der Waals surface area contributed by atoms with Crippen molar-refractivity contribution in [3.63, 3.8) is 0 Å². The van der Waals surface area contributed by atoms with Gasteiger partial charge in [0.15, 0.2) is 0 Å². The number of ether oxygens (including phenoxy) is 1. The van der Waals surface area contributed by atoms with Crippen molar-refractivity contribution < 1.29 is 4.74 Å². The SMILES string of the molecule is COc1cc2c(cc1N)CNCC2. The van der Waals surface area contributed by atoms with E-state index in [9.17, 15) is 0 Å². The number of nitrogens with one attached hydrogen (secondary N) is 1. The molecule has 1 heterocycles. The molecule has 0 atom stereocenters. The van der Waals surface area contributed by atoms with Crippen LogP contribution < -0.4 is 15.8 Å². The molecule has 1 aromatic rings. The van der Waals surface area contributed by atoms with Gasteiger partial charge in [-0.3, -0.25) is 0 Å². The molecule has 0 saturated heterocycles. The minimum absolute atomic E-state index is 0.727.